The summed E-state index contributed by atoms with van der Waals surface area (Å²) in [4.78, 5) is 9.68. The van der Waals surface area contributed by atoms with Crippen LogP contribution in [0.1, 0.15) is 5.89 Å². The Bertz CT molecular complexity index is 489. The van der Waals surface area contributed by atoms with Crippen molar-refractivity contribution in [1.29, 1.82) is 0 Å². The number of aromatic nitrogens is 2. The first-order valence-corrected chi connectivity index (χ1v) is 3.97. The molecule has 2 aromatic rings. The maximum Gasteiger partial charge on any atom is 0.433 e. The Hall–Kier alpha value is -2.22. The molecule has 8 heteroatoms. The van der Waals surface area contributed by atoms with Crippen molar-refractivity contribution >= 4 is 5.88 Å². The molecule has 2 aromatic heterocycles. The Balaban J connectivity index is 2.32. The number of hydrogen-bond donors (Lipinski definition) is 1. The third-order valence-electron chi connectivity index (χ3n) is 1.62. The number of hydrogen-bond acceptors (Lipinski definition) is 7. The van der Waals surface area contributed by atoms with E-state index in [1.54, 1.807) is 0 Å². The van der Waals surface area contributed by atoms with Gasteiger partial charge in [0, 0.05) is 0 Å². The van der Waals surface area contributed by atoms with E-state index in [1.807, 2.05) is 0 Å². The maximum absolute atomic E-state index is 10.3. The second-order valence-corrected chi connectivity index (χ2v) is 2.60. The number of nitro groups is 1. The fourth-order valence-electron chi connectivity index (χ4n) is 0.976. The van der Waals surface area contributed by atoms with Gasteiger partial charge in [-0.2, -0.15) is 0 Å². The van der Waals surface area contributed by atoms with Crippen molar-refractivity contribution < 1.29 is 13.8 Å². The minimum Gasteiger partial charge on any atom is -0.417 e. The van der Waals surface area contributed by atoms with Crippen LogP contribution in [0.2, 0.25) is 0 Å². The molecule has 78 valence electrons. The Morgan fingerprint density at radius 3 is 2.73 bits per heavy atom. The lowest BCUT2D eigenvalue weighted by Gasteiger charge is -1.85. The van der Waals surface area contributed by atoms with Gasteiger partial charge < -0.3 is 14.6 Å². The molecule has 0 radical (unpaired) electrons. The lowest BCUT2D eigenvalue weighted by molar-refractivity contribution is -0.401. The molecule has 0 atom stereocenters. The van der Waals surface area contributed by atoms with Gasteiger partial charge in [0.2, 0.25) is 5.89 Å². The van der Waals surface area contributed by atoms with Crippen LogP contribution in [0.5, 0.6) is 0 Å². The zero-order valence-corrected chi connectivity index (χ0v) is 7.41. The van der Waals surface area contributed by atoms with E-state index in [-0.39, 0.29) is 30.0 Å². The smallest absolute Gasteiger partial charge is 0.417 e. The fraction of sp³-hybridized carbons (Fsp3) is 0.143. The van der Waals surface area contributed by atoms with Crippen molar-refractivity contribution in [3.05, 3.63) is 28.1 Å². The largest absolute Gasteiger partial charge is 0.433 e. The van der Waals surface area contributed by atoms with Crippen LogP contribution in [-0.4, -0.2) is 15.1 Å². The van der Waals surface area contributed by atoms with E-state index < -0.39 is 4.92 Å². The molecule has 0 unspecified atom stereocenters. The summed E-state index contributed by atoms with van der Waals surface area (Å²) in [7, 11) is 0. The van der Waals surface area contributed by atoms with E-state index in [2.05, 4.69) is 10.2 Å². The molecule has 0 fully saturated rings. The minimum absolute atomic E-state index is 0.0727. The number of nitrogens with zero attached hydrogens (tertiary/aromatic N) is 3. The van der Waals surface area contributed by atoms with Gasteiger partial charge >= 0.3 is 5.88 Å². The summed E-state index contributed by atoms with van der Waals surface area (Å²) in [5, 5.41) is 17.5. The molecule has 0 bridgehead atoms. The highest BCUT2D eigenvalue weighted by Crippen LogP contribution is 2.24. The highest BCUT2D eigenvalue weighted by Gasteiger charge is 2.17. The van der Waals surface area contributed by atoms with Crippen LogP contribution in [0.25, 0.3) is 11.7 Å². The summed E-state index contributed by atoms with van der Waals surface area (Å²) in [6, 6.07) is 2.59. The van der Waals surface area contributed by atoms with Crippen LogP contribution in [0.3, 0.4) is 0 Å². The highest BCUT2D eigenvalue weighted by molar-refractivity contribution is 5.45. The van der Waals surface area contributed by atoms with E-state index in [9.17, 15) is 10.1 Å². The predicted octanol–water partition coefficient (Wildman–Crippen LogP) is 0.696. The standard InChI is InChI=1S/C7H6N4O4/c8-3-5-9-10-7(15-5)4-1-2-6(14-4)11(12)13/h1-2H,3,8H2. The Labute approximate surface area is 82.8 Å². The van der Waals surface area contributed by atoms with Gasteiger partial charge in [0.25, 0.3) is 5.89 Å². The first kappa shape index (κ1) is 9.34. The Morgan fingerprint density at radius 1 is 1.40 bits per heavy atom. The summed E-state index contributed by atoms with van der Waals surface area (Å²) in [6.07, 6.45) is 0. The molecule has 8 nitrogen and oxygen atoms in total. The van der Waals surface area contributed by atoms with Gasteiger partial charge in [-0.3, -0.25) is 10.1 Å². The van der Waals surface area contributed by atoms with Crippen LogP contribution in [0.4, 0.5) is 5.88 Å². The third-order valence-corrected chi connectivity index (χ3v) is 1.62. The van der Waals surface area contributed by atoms with Gasteiger partial charge in [-0.1, -0.05) is 0 Å². The van der Waals surface area contributed by atoms with Crippen LogP contribution in [-0.2, 0) is 6.54 Å². The summed E-state index contributed by atoms with van der Waals surface area (Å²) in [6.45, 7) is 0.107. The first-order chi connectivity index (χ1) is 7.20. The van der Waals surface area contributed by atoms with Crippen molar-refractivity contribution in [3.8, 4) is 11.7 Å². The van der Waals surface area contributed by atoms with Crippen molar-refractivity contribution in [1.82, 2.24) is 10.2 Å². The Kier molecular flexibility index (Phi) is 2.18. The molecule has 0 saturated heterocycles. The molecule has 0 aromatic carbocycles. The van der Waals surface area contributed by atoms with Gasteiger partial charge in [-0.15, -0.1) is 10.2 Å². The quantitative estimate of drug-likeness (QED) is 0.584. The predicted molar refractivity (Wildman–Crippen MR) is 46.5 cm³/mol. The van der Waals surface area contributed by atoms with E-state index in [0.717, 1.165) is 0 Å². The molecule has 0 aliphatic carbocycles. The molecule has 0 spiro atoms. The average Bonchev–Trinajstić information content (AvgIpc) is 2.86. The lowest BCUT2D eigenvalue weighted by atomic mass is 10.4. The van der Waals surface area contributed by atoms with E-state index in [0.29, 0.717) is 0 Å². The normalized spacial score (nSPS) is 10.5. The SMILES string of the molecule is NCc1nnc(-c2ccc([N+](=O)[O-])o2)o1. The highest BCUT2D eigenvalue weighted by atomic mass is 16.6. The number of rotatable bonds is 3. The average molecular weight is 210 g/mol. The summed E-state index contributed by atoms with van der Waals surface area (Å²) >= 11 is 0. The second kappa shape index (κ2) is 3.50. The van der Waals surface area contributed by atoms with Gasteiger partial charge in [0.15, 0.2) is 5.76 Å². The zero-order chi connectivity index (χ0) is 10.8. The molecule has 2 heterocycles. The third kappa shape index (κ3) is 1.70. The molecule has 2 rings (SSSR count). The monoisotopic (exact) mass is 210 g/mol. The zero-order valence-electron chi connectivity index (χ0n) is 7.41. The van der Waals surface area contributed by atoms with Gasteiger partial charge in [-0.05, 0) is 6.07 Å². The van der Waals surface area contributed by atoms with Crippen LogP contribution in [0, 0.1) is 10.1 Å². The molecule has 0 saturated carbocycles. The Morgan fingerprint density at radius 2 is 2.20 bits per heavy atom. The van der Waals surface area contributed by atoms with Crippen molar-refractivity contribution in [2.75, 3.05) is 0 Å². The first-order valence-electron chi connectivity index (χ1n) is 3.97. The molecule has 0 aliphatic heterocycles. The number of nitrogens with two attached hydrogens (primary N) is 1. The van der Waals surface area contributed by atoms with Crippen LogP contribution in [0.15, 0.2) is 21.0 Å². The molecule has 2 N–H and O–H groups in total. The lowest BCUT2D eigenvalue weighted by Crippen LogP contribution is -1.95. The van der Waals surface area contributed by atoms with Gasteiger partial charge in [-0.25, -0.2) is 0 Å². The van der Waals surface area contributed by atoms with Crippen molar-refractivity contribution in [3.63, 3.8) is 0 Å². The fourth-order valence-corrected chi connectivity index (χ4v) is 0.976. The van der Waals surface area contributed by atoms with Crippen molar-refractivity contribution in [2.24, 2.45) is 5.73 Å². The molecular formula is C7H6N4O4. The van der Waals surface area contributed by atoms with Gasteiger partial charge in [0.1, 0.15) is 4.92 Å². The molecular weight excluding hydrogens is 204 g/mol. The molecule has 0 amide bonds. The summed E-state index contributed by atoms with van der Waals surface area (Å²) < 4.78 is 9.90. The van der Waals surface area contributed by atoms with Crippen molar-refractivity contribution in [2.45, 2.75) is 6.54 Å². The minimum atomic E-state index is -0.649. The van der Waals surface area contributed by atoms with Gasteiger partial charge in [0.05, 0.1) is 12.6 Å². The van der Waals surface area contributed by atoms with Crippen LogP contribution >= 0.6 is 0 Å². The maximum atomic E-state index is 10.3. The van der Waals surface area contributed by atoms with Crippen LogP contribution < -0.4 is 5.73 Å². The summed E-state index contributed by atoms with van der Waals surface area (Å²) in [5.41, 5.74) is 5.26. The second-order valence-electron chi connectivity index (χ2n) is 2.60. The molecule has 15 heavy (non-hydrogen) atoms. The van der Waals surface area contributed by atoms with E-state index >= 15 is 0 Å². The van der Waals surface area contributed by atoms with E-state index in [4.69, 9.17) is 14.6 Å². The van der Waals surface area contributed by atoms with E-state index in [1.165, 1.54) is 12.1 Å². The summed E-state index contributed by atoms with van der Waals surface area (Å²) in [5.74, 6) is 0.0824. The molecule has 0 aliphatic rings. The number of furan rings is 1. The topological polar surface area (TPSA) is 121 Å².